The molecule has 25 heavy (non-hydrogen) atoms. The fraction of sp³-hybridized carbons (Fsp3) is 0.286. The minimum absolute atomic E-state index is 0.342. The molecule has 1 aliphatic heterocycles. The Bertz CT molecular complexity index is 887. The number of aromatic nitrogens is 1. The molecule has 1 aromatic carbocycles. The fourth-order valence-electron chi connectivity index (χ4n) is 3.49. The van der Waals surface area contributed by atoms with Crippen LogP contribution in [0.5, 0.6) is 0 Å². The van der Waals surface area contributed by atoms with Gasteiger partial charge in [-0.1, -0.05) is 30.9 Å². The summed E-state index contributed by atoms with van der Waals surface area (Å²) in [5.41, 5.74) is 5.14. The number of allylic oxidation sites excluding steroid dienone is 5. The molecule has 0 aliphatic carbocycles. The van der Waals surface area contributed by atoms with Crippen molar-refractivity contribution in [3.05, 3.63) is 71.5 Å². The number of benzene rings is 1. The van der Waals surface area contributed by atoms with Crippen molar-refractivity contribution in [1.29, 1.82) is 0 Å². The van der Waals surface area contributed by atoms with E-state index in [9.17, 15) is 9.90 Å². The van der Waals surface area contributed by atoms with E-state index in [1.165, 1.54) is 11.3 Å². The van der Waals surface area contributed by atoms with E-state index >= 15 is 0 Å². The second-order valence-electron chi connectivity index (χ2n) is 6.51. The standard InChI is InChI=1S/C21H24N2O2/c1-4-6-7-15(5-2)13-23-19-9-8-16(21(24)25)12-17(19)18-14-22(3)11-10-20(18)23/h4-9,12H,2,10-11,13-14H2,1,3H3,(H,24,25)/b6-4-,15-7+. The number of fused-ring (bicyclic) bond motifs is 3. The van der Waals surface area contributed by atoms with Crippen LogP contribution in [-0.2, 0) is 19.5 Å². The van der Waals surface area contributed by atoms with Gasteiger partial charge in [-0.05, 0) is 43.3 Å². The molecule has 2 aromatic rings. The smallest absolute Gasteiger partial charge is 0.335 e. The van der Waals surface area contributed by atoms with E-state index in [1.807, 2.05) is 37.3 Å². The van der Waals surface area contributed by atoms with Gasteiger partial charge in [-0.25, -0.2) is 4.79 Å². The van der Waals surface area contributed by atoms with Crippen LogP contribution in [0.4, 0.5) is 0 Å². The number of aromatic carboxylic acids is 1. The van der Waals surface area contributed by atoms with Crippen LogP contribution in [0.25, 0.3) is 10.9 Å². The van der Waals surface area contributed by atoms with Crippen LogP contribution in [0.1, 0.15) is 28.5 Å². The normalized spacial score (nSPS) is 15.7. The van der Waals surface area contributed by atoms with Gasteiger partial charge < -0.3 is 14.6 Å². The van der Waals surface area contributed by atoms with Gasteiger partial charge in [0.25, 0.3) is 0 Å². The molecule has 3 rings (SSSR count). The zero-order valence-corrected chi connectivity index (χ0v) is 14.8. The number of likely N-dealkylation sites (N-methyl/N-ethyl adjacent to an activating group) is 1. The first kappa shape index (κ1) is 17.2. The minimum atomic E-state index is -0.882. The number of carboxylic acids is 1. The van der Waals surface area contributed by atoms with E-state index in [-0.39, 0.29) is 0 Å². The number of hydrogen-bond donors (Lipinski definition) is 1. The summed E-state index contributed by atoms with van der Waals surface area (Å²) in [7, 11) is 2.11. The van der Waals surface area contributed by atoms with Crippen LogP contribution < -0.4 is 0 Å². The molecular weight excluding hydrogens is 312 g/mol. The van der Waals surface area contributed by atoms with E-state index in [0.29, 0.717) is 5.56 Å². The average molecular weight is 336 g/mol. The molecule has 2 heterocycles. The van der Waals surface area contributed by atoms with Gasteiger partial charge in [-0.2, -0.15) is 0 Å². The Hall–Kier alpha value is -2.59. The van der Waals surface area contributed by atoms with E-state index in [2.05, 4.69) is 29.2 Å². The summed E-state index contributed by atoms with van der Waals surface area (Å²) < 4.78 is 2.32. The van der Waals surface area contributed by atoms with Gasteiger partial charge >= 0.3 is 5.97 Å². The first-order valence-electron chi connectivity index (χ1n) is 8.55. The molecule has 0 amide bonds. The summed E-state index contributed by atoms with van der Waals surface area (Å²) in [4.78, 5) is 13.7. The predicted molar refractivity (Wildman–Crippen MR) is 102 cm³/mol. The Balaban J connectivity index is 2.17. The van der Waals surface area contributed by atoms with Gasteiger partial charge in [0, 0.05) is 42.7 Å². The first-order valence-corrected chi connectivity index (χ1v) is 8.55. The molecule has 1 N–H and O–H groups in total. The second kappa shape index (κ2) is 7.11. The molecule has 1 aliphatic rings. The molecule has 130 valence electrons. The molecule has 0 bridgehead atoms. The Kier molecular flexibility index (Phi) is 4.91. The van der Waals surface area contributed by atoms with Gasteiger partial charge in [0.1, 0.15) is 0 Å². The van der Waals surface area contributed by atoms with Crippen LogP contribution in [0.3, 0.4) is 0 Å². The van der Waals surface area contributed by atoms with Crippen molar-refractivity contribution in [3.8, 4) is 0 Å². The van der Waals surface area contributed by atoms with Crippen molar-refractivity contribution in [2.75, 3.05) is 13.6 Å². The third-order valence-corrected chi connectivity index (χ3v) is 4.80. The number of rotatable bonds is 5. The summed E-state index contributed by atoms with van der Waals surface area (Å²) in [6, 6.07) is 5.45. The highest BCUT2D eigenvalue weighted by Crippen LogP contribution is 2.32. The molecular formula is C21H24N2O2. The van der Waals surface area contributed by atoms with Gasteiger partial charge in [-0.3, -0.25) is 0 Å². The molecule has 1 aromatic heterocycles. The lowest BCUT2D eigenvalue weighted by Crippen LogP contribution is -2.27. The molecule has 0 radical (unpaired) electrons. The summed E-state index contributed by atoms with van der Waals surface area (Å²) in [5.74, 6) is -0.882. The van der Waals surface area contributed by atoms with Crippen molar-refractivity contribution in [3.63, 3.8) is 0 Å². The molecule has 0 saturated heterocycles. The monoisotopic (exact) mass is 336 g/mol. The molecule has 0 saturated carbocycles. The summed E-state index contributed by atoms with van der Waals surface area (Å²) in [6.07, 6.45) is 8.95. The molecule has 0 fully saturated rings. The van der Waals surface area contributed by atoms with E-state index in [1.54, 1.807) is 6.07 Å². The zero-order valence-electron chi connectivity index (χ0n) is 14.8. The average Bonchev–Trinajstić information content (AvgIpc) is 2.90. The van der Waals surface area contributed by atoms with Crippen molar-refractivity contribution >= 4 is 16.9 Å². The first-order chi connectivity index (χ1) is 12.0. The van der Waals surface area contributed by atoms with E-state index in [0.717, 1.165) is 42.5 Å². The van der Waals surface area contributed by atoms with Crippen LogP contribution in [-0.4, -0.2) is 34.1 Å². The Morgan fingerprint density at radius 3 is 2.88 bits per heavy atom. The minimum Gasteiger partial charge on any atom is -0.478 e. The predicted octanol–water partition coefficient (Wildman–Crippen LogP) is 4.02. The molecule has 0 atom stereocenters. The number of nitrogens with zero attached hydrogens (tertiary/aromatic N) is 2. The number of hydrogen-bond acceptors (Lipinski definition) is 2. The summed E-state index contributed by atoms with van der Waals surface area (Å²) >= 11 is 0. The largest absolute Gasteiger partial charge is 0.478 e. The molecule has 4 heteroatoms. The maximum Gasteiger partial charge on any atom is 0.335 e. The van der Waals surface area contributed by atoms with E-state index < -0.39 is 5.97 Å². The highest BCUT2D eigenvalue weighted by atomic mass is 16.4. The van der Waals surface area contributed by atoms with Crippen molar-refractivity contribution in [2.45, 2.75) is 26.4 Å². The molecule has 0 unspecified atom stereocenters. The quantitative estimate of drug-likeness (QED) is 0.839. The summed E-state index contributed by atoms with van der Waals surface area (Å²) in [6.45, 7) is 8.54. The van der Waals surface area contributed by atoms with Crippen molar-refractivity contribution < 1.29 is 9.90 Å². The molecule has 4 nitrogen and oxygen atoms in total. The van der Waals surface area contributed by atoms with Gasteiger partial charge in [0.05, 0.1) is 5.56 Å². The maximum absolute atomic E-state index is 11.4. The Morgan fingerprint density at radius 1 is 1.40 bits per heavy atom. The van der Waals surface area contributed by atoms with Crippen LogP contribution in [0.2, 0.25) is 0 Å². The fourth-order valence-corrected chi connectivity index (χ4v) is 3.49. The van der Waals surface area contributed by atoms with Crippen LogP contribution in [0.15, 0.2) is 54.7 Å². The van der Waals surface area contributed by atoms with Crippen molar-refractivity contribution in [2.24, 2.45) is 0 Å². The molecule has 0 spiro atoms. The number of carbonyl (C=O) groups is 1. The zero-order chi connectivity index (χ0) is 18.0. The van der Waals surface area contributed by atoms with Gasteiger partial charge in [0.15, 0.2) is 0 Å². The third-order valence-electron chi connectivity index (χ3n) is 4.80. The third kappa shape index (κ3) is 3.30. The van der Waals surface area contributed by atoms with Gasteiger partial charge in [0.2, 0.25) is 0 Å². The summed E-state index contributed by atoms with van der Waals surface area (Å²) in [5, 5.41) is 10.4. The van der Waals surface area contributed by atoms with E-state index in [4.69, 9.17) is 0 Å². The van der Waals surface area contributed by atoms with Gasteiger partial charge in [-0.15, -0.1) is 0 Å². The van der Waals surface area contributed by atoms with Crippen LogP contribution in [0, 0.1) is 0 Å². The highest BCUT2D eigenvalue weighted by Gasteiger charge is 2.23. The maximum atomic E-state index is 11.4. The Labute approximate surface area is 148 Å². The topological polar surface area (TPSA) is 45.5 Å². The van der Waals surface area contributed by atoms with Crippen molar-refractivity contribution in [1.82, 2.24) is 9.47 Å². The number of carboxylic acid groups (broad SMARTS) is 1. The SMILES string of the molecule is C=C/C(=C\C=C/C)Cn1c2c(c3cc(C(=O)O)ccc31)CN(C)CC2. The lowest BCUT2D eigenvalue weighted by Gasteiger charge is -2.24. The highest BCUT2D eigenvalue weighted by molar-refractivity contribution is 5.95. The lowest BCUT2D eigenvalue weighted by atomic mass is 10.0. The van der Waals surface area contributed by atoms with Crippen LogP contribution >= 0.6 is 0 Å². The second-order valence-corrected chi connectivity index (χ2v) is 6.51. The lowest BCUT2D eigenvalue weighted by molar-refractivity contribution is 0.0697. The Morgan fingerprint density at radius 2 is 2.20 bits per heavy atom.